The fraction of sp³-hybridized carbons (Fsp3) is 0.250. The molecule has 0 aliphatic heterocycles. The van der Waals surface area contributed by atoms with Gasteiger partial charge < -0.3 is 0 Å². The topological polar surface area (TPSA) is 30.7 Å². The molecule has 0 saturated carbocycles. The molecule has 0 aromatic carbocycles. The quantitative estimate of drug-likeness (QED) is 0.602. The summed E-state index contributed by atoms with van der Waals surface area (Å²) in [5.74, 6) is 0.930. The first-order chi connectivity index (χ1) is 5.38. The van der Waals surface area contributed by atoms with Gasteiger partial charge in [-0.05, 0) is 0 Å². The molecule has 0 amide bonds. The van der Waals surface area contributed by atoms with Crippen LogP contribution in [0, 0.1) is 0 Å². The normalized spacial score (nSPS) is 9.45. The monoisotopic (exact) mass is 149 g/mol. The summed E-state index contributed by atoms with van der Waals surface area (Å²) in [4.78, 5) is 4.06. The number of allylic oxidation sites excluding steroid dienone is 2. The van der Waals surface area contributed by atoms with Crippen LogP contribution in [0.15, 0.2) is 31.6 Å². The van der Waals surface area contributed by atoms with Crippen LogP contribution < -0.4 is 0 Å². The predicted molar refractivity (Wildman–Crippen MR) is 44.1 cm³/mol. The van der Waals surface area contributed by atoms with Gasteiger partial charge in [0.05, 0.1) is 6.54 Å². The van der Waals surface area contributed by atoms with Gasteiger partial charge in [0.1, 0.15) is 12.2 Å². The molecule has 0 N–H and O–H groups in total. The van der Waals surface area contributed by atoms with E-state index in [1.54, 1.807) is 17.1 Å². The lowest BCUT2D eigenvalue weighted by Crippen LogP contribution is -2.02. The summed E-state index contributed by atoms with van der Waals surface area (Å²) in [7, 11) is 0. The maximum absolute atomic E-state index is 4.06. The van der Waals surface area contributed by atoms with Crippen molar-refractivity contribution in [3.8, 4) is 0 Å². The third-order valence-electron chi connectivity index (χ3n) is 1.32. The van der Waals surface area contributed by atoms with E-state index in [0.29, 0.717) is 6.54 Å². The Bertz CT molecular complexity index is 225. The fourth-order valence-corrected chi connectivity index (χ4v) is 0.850. The molecule has 0 bridgehead atoms. The van der Waals surface area contributed by atoms with Gasteiger partial charge >= 0.3 is 0 Å². The SMILES string of the molecule is C=CCc1ncnn1CC=C. The molecule has 3 heteroatoms. The van der Waals surface area contributed by atoms with Crippen LogP contribution >= 0.6 is 0 Å². The summed E-state index contributed by atoms with van der Waals surface area (Å²) >= 11 is 0. The lowest BCUT2D eigenvalue weighted by molar-refractivity contribution is 0.664. The number of rotatable bonds is 4. The van der Waals surface area contributed by atoms with E-state index in [1.807, 2.05) is 6.08 Å². The highest BCUT2D eigenvalue weighted by Crippen LogP contribution is 1.95. The van der Waals surface area contributed by atoms with Crippen LogP contribution in [0.2, 0.25) is 0 Å². The van der Waals surface area contributed by atoms with Crippen molar-refractivity contribution in [3.63, 3.8) is 0 Å². The summed E-state index contributed by atoms with van der Waals surface area (Å²) in [6.07, 6.45) is 5.90. The average Bonchev–Trinajstić information content (AvgIpc) is 2.39. The van der Waals surface area contributed by atoms with Crippen molar-refractivity contribution in [2.45, 2.75) is 13.0 Å². The van der Waals surface area contributed by atoms with Gasteiger partial charge in [0, 0.05) is 6.42 Å². The Morgan fingerprint density at radius 1 is 1.45 bits per heavy atom. The van der Waals surface area contributed by atoms with Gasteiger partial charge in [-0.1, -0.05) is 12.2 Å². The molecule has 0 aliphatic rings. The molecule has 58 valence electrons. The fourth-order valence-electron chi connectivity index (χ4n) is 0.850. The summed E-state index contributed by atoms with van der Waals surface area (Å²) < 4.78 is 1.80. The van der Waals surface area contributed by atoms with Gasteiger partial charge in [-0.3, -0.25) is 0 Å². The number of hydrogen-bond acceptors (Lipinski definition) is 2. The third-order valence-corrected chi connectivity index (χ3v) is 1.32. The van der Waals surface area contributed by atoms with Crippen LogP contribution in [0.5, 0.6) is 0 Å². The number of nitrogens with zero attached hydrogens (tertiary/aromatic N) is 3. The van der Waals surface area contributed by atoms with Gasteiger partial charge in [-0.15, -0.1) is 13.2 Å². The maximum atomic E-state index is 4.06. The molecule has 0 unspecified atom stereocenters. The second-order valence-corrected chi connectivity index (χ2v) is 2.14. The Labute approximate surface area is 66.1 Å². The Hall–Kier alpha value is -1.38. The highest BCUT2D eigenvalue weighted by atomic mass is 15.3. The molecule has 0 atom stereocenters. The third kappa shape index (κ3) is 1.77. The molecular weight excluding hydrogens is 138 g/mol. The van der Waals surface area contributed by atoms with E-state index < -0.39 is 0 Å². The Kier molecular flexibility index (Phi) is 2.60. The minimum absolute atomic E-state index is 0.711. The van der Waals surface area contributed by atoms with Gasteiger partial charge in [0.15, 0.2) is 0 Å². The number of hydrogen-bond donors (Lipinski definition) is 0. The van der Waals surface area contributed by atoms with E-state index in [1.165, 1.54) is 0 Å². The summed E-state index contributed by atoms with van der Waals surface area (Å²) in [6.45, 7) is 7.96. The zero-order valence-electron chi connectivity index (χ0n) is 6.40. The zero-order valence-corrected chi connectivity index (χ0v) is 6.40. The zero-order chi connectivity index (χ0) is 8.10. The highest BCUT2D eigenvalue weighted by Gasteiger charge is 1.98. The molecule has 1 aromatic rings. The average molecular weight is 149 g/mol. The summed E-state index contributed by atoms with van der Waals surface area (Å²) in [5.41, 5.74) is 0. The van der Waals surface area contributed by atoms with E-state index in [-0.39, 0.29) is 0 Å². The van der Waals surface area contributed by atoms with Crippen LogP contribution in [0.1, 0.15) is 5.82 Å². The van der Waals surface area contributed by atoms with Crippen molar-refractivity contribution in [2.24, 2.45) is 0 Å². The van der Waals surface area contributed by atoms with E-state index in [2.05, 4.69) is 23.2 Å². The van der Waals surface area contributed by atoms with Crippen LogP contribution in [-0.2, 0) is 13.0 Å². The highest BCUT2D eigenvalue weighted by molar-refractivity contribution is 4.93. The molecule has 0 aliphatic carbocycles. The predicted octanol–water partition coefficient (Wildman–Crippen LogP) is 1.19. The minimum Gasteiger partial charge on any atom is -0.246 e. The second kappa shape index (κ2) is 3.71. The molecule has 0 spiro atoms. The van der Waals surface area contributed by atoms with Crippen LogP contribution in [0.3, 0.4) is 0 Å². The Morgan fingerprint density at radius 3 is 2.91 bits per heavy atom. The van der Waals surface area contributed by atoms with E-state index in [9.17, 15) is 0 Å². The first-order valence-corrected chi connectivity index (χ1v) is 3.47. The molecule has 3 nitrogen and oxygen atoms in total. The molecule has 0 radical (unpaired) electrons. The van der Waals surface area contributed by atoms with Crippen molar-refractivity contribution in [2.75, 3.05) is 0 Å². The van der Waals surface area contributed by atoms with Crippen molar-refractivity contribution in [3.05, 3.63) is 37.5 Å². The Morgan fingerprint density at radius 2 is 2.27 bits per heavy atom. The van der Waals surface area contributed by atoms with Gasteiger partial charge in [0.2, 0.25) is 0 Å². The van der Waals surface area contributed by atoms with E-state index >= 15 is 0 Å². The molecule has 1 heterocycles. The summed E-state index contributed by atoms with van der Waals surface area (Å²) in [5, 5.41) is 4.01. The smallest absolute Gasteiger partial charge is 0.138 e. The molecular formula is C8H11N3. The van der Waals surface area contributed by atoms with E-state index in [4.69, 9.17) is 0 Å². The largest absolute Gasteiger partial charge is 0.246 e. The van der Waals surface area contributed by atoms with Gasteiger partial charge in [-0.25, -0.2) is 9.67 Å². The summed E-state index contributed by atoms with van der Waals surface area (Å²) in [6, 6.07) is 0. The van der Waals surface area contributed by atoms with Crippen LogP contribution in [0.25, 0.3) is 0 Å². The van der Waals surface area contributed by atoms with Crippen molar-refractivity contribution in [1.29, 1.82) is 0 Å². The first kappa shape index (κ1) is 7.72. The first-order valence-electron chi connectivity index (χ1n) is 3.47. The molecule has 1 rings (SSSR count). The van der Waals surface area contributed by atoms with Gasteiger partial charge in [-0.2, -0.15) is 5.10 Å². The van der Waals surface area contributed by atoms with Crippen LogP contribution in [0.4, 0.5) is 0 Å². The van der Waals surface area contributed by atoms with Crippen molar-refractivity contribution in [1.82, 2.24) is 14.8 Å². The Balaban J connectivity index is 2.76. The van der Waals surface area contributed by atoms with E-state index in [0.717, 1.165) is 12.2 Å². The molecule has 0 saturated heterocycles. The lowest BCUT2D eigenvalue weighted by atomic mass is 10.4. The molecule has 11 heavy (non-hydrogen) atoms. The number of aromatic nitrogens is 3. The lowest BCUT2D eigenvalue weighted by Gasteiger charge is -1.98. The van der Waals surface area contributed by atoms with Crippen LogP contribution in [-0.4, -0.2) is 14.8 Å². The standard InChI is InChI=1S/C8H11N3/c1-3-5-8-9-7-10-11(8)6-4-2/h3-4,7H,1-2,5-6H2. The van der Waals surface area contributed by atoms with Crippen molar-refractivity contribution < 1.29 is 0 Å². The van der Waals surface area contributed by atoms with Crippen molar-refractivity contribution >= 4 is 0 Å². The second-order valence-electron chi connectivity index (χ2n) is 2.14. The molecule has 0 fully saturated rings. The maximum Gasteiger partial charge on any atom is 0.138 e. The molecule has 1 aromatic heterocycles. The minimum atomic E-state index is 0.711. The van der Waals surface area contributed by atoms with Gasteiger partial charge in [0.25, 0.3) is 0 Å².